The predicted octanol–water partition coefficient (Wildman–Crippen LogP) is 2.54. The number of amides is 2. The van der Waals surface area contributed by atoms with Crippen molar-refractivity contribution in [1.29, 1.82) is 0 Å². The molecular weight excluding hydrogens is 604 g/mol. The van der Waals surface area contributed by atoms with Crippen molar-refractivity contribution in [2.45, 2.75) is 56.9 Å². The molecule has 0 bridgehead atoms. The quantitative estimate of drug-likeness (QED) is 0.0958. The van der Waals surface area contributed by atoms with E-state index in [0.717, 1.165) is 31.2 Å². The molecule has 14 heteroatoms. The molecule has 0 aliphatic carbocycles. The summed E-state index contributed by atoms with van der Waals surface area (Å²) in [4.78, 5) is 34.1. The number of hydrogen-bond donors (Lipinski definition) is 5. The third-order valence-corrected chi connectivity index (χ3v) is 7.88. The molecule has 1 aliphatic rings. The van der Waals surface area contributed by atoms with Crippen LogP contribution in [0.2, 0.25) is 0 Å². The van der Waals surface area contributed by atoms with Crippen molar-refractivity contribution in [2.24, 2.45) is 0 Å². The fraction of sp³-hybridized carbons (Fsp3) is 0.548. The lowest BCUT2D eigenvalue weighted by molar-refractivity contribution is -0.00138. The number of nitrogen functional groups attached to an aromatic ring is 1. The SMILES string of the molecule is Nc1ncnc2c1c(C(=O)NCc1ccc(C(=O)NCCOCCOCCCCCCCl)cc1)cn2[C@H]1CC(O)(CCO)CO1. The van der Waals surface area contributed by atoms with Crippen molar-refractivity contribution in [3.8, 4) is 0 Å². The molecular formula is C31H43ClN6O7. The lowest BCUT2D eigenvalue weighted by Gasteiger charge is -2.19. The number of aliphatic hydroxyl groups is 2. The lowest BCUT2D eigenvalue weighted by Crippen LogP contribution is -2.30. The Morgan fingerprint density at radius 3 is 2.56 bits per heavy atom. The predicted molar refractivity (Wildman–Crippen MR) is 169 cm³/mol. The van der Waals surface area contributed by atoms with Crippen LogP contribution in [-0.4, -0.2) is 94.2 Å². The third-order valence-electron chi connectivity index (χ3n) is 7.62. The maximum absolute atomic E-state index is 13.3. The first kappa shape index (κ1) is 34.5. The van der Waals surface area contributed by atoms with Gasteiger partial charge in [-0.3, -0.25) is 9.59 Å². The fourth-order valence-corrected chi connectivity index (χ4v) is 5.31. The number of halogens is 1. The van der Waals surface area contributed by atoms with E-state index < -0.39 is 17.7 Å². The monoisotopic (exact) mass is 646 g/mol. The molecule has 2 atom stereocenters. The highest BCUT2D eigenvalue weighted by molar-refractivity contribution is 6.17. The molecule has 0 saturated carbocycles. The number of benzene rings is 1. The molecule has 3 heterocycles. The van der Waals surface area contributed by atoms with Gasteiger partial charge in [0.15, 0.2) is 0 Å². The van der Waals surface area contributed by atoms with Crippen molar-refractivity contribution in [1.82, 2.24) is 25.2 Å². The number of aliphatic hydroxyl groups excluding tert-OH is 1. The van der Waals surface area contributed by atoms with Gasteiger partial charge in [0, 0.05) is 56.8 Å². The Morgan fingerprint density at radius 1 is 1.04 bits per heavy atom. The van der Waals surface area contributed by atoms with Crippen molar-refractivity contribution >= 4 is 40.3 Å². The van der Waals surface area contributed by atoms with E-state index in [-0.39, 0.29) is 49.9 Å². The number of aromatic nitrogens is 3. The van der Waals surface area contributed by atoms with Crippen LogP contribution in [0.25, 0.3) is 11.0 Å². The number of carbonyl (C=O) groups is 2. The number of nitrogens with one attached hydrogen (secondary N) is 2. The number of unbranched alkanes of at least 4 members (excludes halogenated alkanes) is 3. The molecule has 0 radical (unpaired) electrons. The Morgan fingerprint density at radius 2 is 1.80 bits per heavy atom. The number of hydrogen-bond acceptors (Lipinski definition) is 10. The van der Waals surface area contributed by atoms with Gasteiger partial charge < -0.3 is 45.4 Å². The average molecular weight is 647 g/mol. The molecule has 1 saturated heterocycles. The number of nitrogens with two attached hydrogens (primary N) is 1. The van der Waals surface area contributed by atoms with Crippen LogP contribution < -0.4 is 16.4 Å². The molecule has 13 nitrogen and oxygen atoms in total. The average Bonchev–Trinajstić information content (AvgIpc) is 3.62. The van der Waals surface area contributed by atoms with Gasteiger partial charge in [-0.1, -0.05) is 25.0 Å². The van der Waals surface area contributed by atoms with Gasteiger partial charge >= 0.3 is 0 Å². The van der Waals surface area contributed by atoms with Gasteiger partial charge in [0.2, 0.25) is 0 Å². The molecule has 2 aromatic heterocycles. The summed E-state index contributed by atoms with van der Waals surface area (Å²) in [6.45, 7) is 2.56. The van der Waals surface area contributed by atoms with Gasteiger partial charge in [-0.25, -0.2) is 9.97 Å². The molecule has 0 spiro atoms. The van der Waals surface area contributed by atoms with E-state index in [4.69, 9.17) is 31.5 Å². The highest BCUT2D eigenvalue weighted by atomic mass is 35.5. The molecule has 1 aliphatic heterocycles. The number of alkyl halides is 1. The zero-order valence-corrected chi connectivity index (χ0v) is 26.1. The van der Waals surface area contributed by atoms with E-state index in [0.29, 0.717) is 55.4 Å². The molecule has 1 aromatic carbocycles. The number of carbonyl (C=O) groups excluding carboxylic acids is 2. The topological polar surface area (TPSA) is 183 Å². The van der Waals surface area contributed by atoms with E-state index in [1.54, 1.807) is 35.0 Å². The highest BCUT2D eigenvalue weighted by Gasteiger charge is 2.40. The first-order chi connectivity index (χ1) is 21.8. The summed E-state index contributed by atoms with van der Waals surface area (Å²) < 4.78 is 18.5. The Balaban J connectivity index is 1.22. The van der Waals surface area contributed by atoms with Crippen molar-refractivity contribution in [3.63, 3.8) is 0 Å². The van der Waals surface area contributed by atoms with E-state index in [9.17, 15) is 19.8 Å². The first-order valence-electron chi connectivity index (χ1n) is 15.3. The zero-order chi connectivity index (χ0) is 32.1. The summed E-state index contributed by atoms with van der Waals surface area (Å²) in [5, 5.41) is 26.1. The van der Waals surface area contributed by atoms with Crippen LogP contribution >= 0.6 is 11.6 Å². The van der Waals surface area contributed by atoms with Crippen LogP contribution in [0.15, 0.2) is 36.8 Å². The Bertz CT molecular complexity index is 1390. The number of nitrogens with zero attached hydrogens (tertiary/aromatic N) is 3. The van der Waals surface area contributed by atoms with Crippen LogP contribution in [0.1, 0.15) is 71.0 Å². The summed E-state index contributed by atoms with van der Waals surface area (Å²) >= 11 is 5.66. The second-order valence-electron chi connectivity index (χ2n) is 11.0. The number of anilines is 1. The molecule has 1 fully saturated rings. The molecule has 246 valence electrons. The Kier molecular flexibility index (Phi) is 13.3. The van der Waals surface area contributed by atoms with Crippen LogP contribution in [-0.2, 0) is 20.8 Å². The minimum Gasteiger partial charge on any atom is -0.396 e. The minimum absolute atomic E-state index is 0.0495. The van der Waals surface area contributed by atoms with Gasteiger partial charge in [0.1, 0.15) is 24.0 Å². The lowest BCUT2D eigenvalue weighted by atomic mass is 9.99. The summed E-state index contributed by atoms with van der Waals surface area (Å²) in [7, 11) is 0. The molecule has 1 unspecified atom stereocenters. The van der Waals surface area contributed by atoms with E-state index >= 15 is 0 Å². The number of fused-ring (bicyclic) bond motifs is 1. The standard InChI is InChI=1S/C31H43ClN6O7/c32-10-3-1-2-4-13-43-15-16-44-14-11-34-29(40)23-7-5-22(6-8-23)18-35-30(41)24-19-38(28-26(24)27(33)36-21-37-28)25-17-31(42,9-12-39)20-45-25/h5-8,19,21,25,39,42H,1-4,9-18,20H2,(H,34,40)(H,35,41)(H2,33,36,37)/t25-,31?/m1/s1. The van der Waals surface area contributed by atoms with Crippen molar-refractivity contribution in [2.75, 3.05) is 57.8 Å². The number of ether oxygens (including phenoxy) is 3. The van der Waals surface area contributed by atoms with E-state index in [1.807, 2.05) is 0 Å². The summed E-state index contributed by atoms with van der Waals surface area (Å²) in [6, 6.07) is 6.93. The van der Waals surface area contributed by atoms with Gasteiger partial charge in [-0.05, 0) is 30.5 Å². The second-order valence-corrected chi connectivity index (χ2v) is 11.4. The highest BCUT2D eigenvalue weighted by Crippen LogP contribution is 2.37. The van der Waals surface area contributed by atoms with Gasteiger partial charge in [0.25, 0.3) is 11.8 Å². The smallest absolute Gasteiger partial charge is 0.253 e. The van der Waals surface area contributed by atoms with E-state index in [2.05, 4.69) is 20.6 Å². The normalized spacial score (nSPS) is 18.0. The number of rotatable bonds is 19. The van der Waals surface area contributed by atoms with Crippen molar-refractivity contribution < 1.29 is 34.0 Å². The maximum atomic E-state index is 13.3. The second kappa shape index (κ2) is 17.4. The van der Waals surface area contributed by atoms with Crippen LogP contribution in [0.4, 0.5) is 5.82 Å². The molecule has 6 N–H and O–H groups in total. The van der Waals surface area contributed by atoms with E-state index in [1.165, 1.54) is 6.33 Å². The van der Waals surface area contributed by atoms with Crippen LogP contribution in [0, 0.1) is 0 Å². The molecule has 45 heavy (non-hydrogen) atoms. The maximum Gasteiger partial charge on any atom is 0.253 e. The van der Waals surface area contributed by atoms with Crippen LogP contribution in [0.5, 0.6) is 0 Å². The first-order valence-corrected chi connectivity index (χ1v) is 15.8. The van der Waals surface area contributed by atoms with Gasteiger partial charge in [-0.2, -0.15) is 0 Å². The largest absolute Gasteiger partial charge is 0.396 e. The molecule has 2 amide bonds. The minimum atomic E-state index is -1.17. The fourth-order valence-electron chi connectivity index (χ4n) is 5.12. The molecule has 4 rings (SSSR count). The third kappa shape index (κ3) is 9.83. The summed E-state index contributed by atoms with van der Waals surface area (Å²) in [5.74, 6) is 0.244. The Labute approximate surface area is 267 Å². The summed E-state index contributed by atoms with van der Waals surface area (Å²) in [6.07, 6.45) is 7.00. The summed E-state index contributed by atoms with van der Waals surface area (Å²) in [5.41, 5.74) is 6.92. The van der Waals surface area contributed by atoms with Gasteiger partial charge in [0.05, 0.1) is 43.0 Å². The Hall–Kier alpha value is -3.33. The zero-order valence-electron chi connectivity index (χ0n) is 25.4. The van der Waals surface area contributed by atoms with Crippen LogP contribution in [0.3, 0.4) is 0 Å². The molecule has 3 aromatic rings. The van der Waals surface area contributed by atoms with Crippen molar-refractivity contribution in [3.05, 3.63) is 53.5 Å². The van der Waals surface area contributed by atoms with Gasteiger partial charge in [-0.15, -0.1) is 11.6 Å².